The zero-order valence-corrected chi connectivity index (χ0v) is 13.7. The van der Waals surface area contributed by atoms with Crippen LogP contribution in [0.15, 0.2) is 24.3 Å². The normalized spacial score (nSPS) is 24.5. The number of benzene rings is 1. The molecule has 22 heavy (non-hydrogen) atoms. The highest BCUT2D eigenvalue weighted by molar-refractivity contribution is 6.30. The van der Waals surface area contributed by atoms with Gasteiger partial charge in [0, 0.05) is 18.1 Å². The number of amides is 1. The lowest BCUT2D eigenvalue weighted by molar-refractivity contribution is -0.145. The number of halogens is 1. The van der Waals surface area contributed by atoms with Gasteiger partial charge in [0.25, 0.3) is 0 Å². The molecule has 0 aromatic heterocycles. The van der Waals surface area contributed by atoms with E-state index in [0.717, 1.165) is 62.1 Å². The largest absolute Gasteiger partial charge is 0.391 e. The Morgan fingerprint density at radius 2 is 2.09 bits per heavy atom. The van der Waals surface area contributed by atoms with Gasteiger partial charge in [0.05, 0.1) is 11.5 Å². The Hall–Kier alpha value is -1.06. The summed E-state index contributed by atoms with van der Waals surface area (Å²) in [5.41, 5.74) is 0.849. The number of rotatable bonds is 3. The topological polar surface area (TPSA) is 40.5 Å². The highest BCUT2D eigenvalue weighted by Gasteiger charge is 2.44. The lowest BCUT2D eigenvalue weighted by atomic mass is 9.78. The maximum atomic E-state index is 13.1. The van der Waals surface area contributed by atoms with Gasteiger partial charge in [-0.25, -0.2) is 0 Å². The molecule has 1 heterocycles. The van der Waals surface area contributed by atoms with E-state index in [-0.39, 0.29) is 17.4 Å². The summed E-state index contributed by atoms with van der Waals surface area (Å²) in [6.07, 6.45) is 6.24. The third kappa shape index (κ3) is 3.31. The maximum Gasteiger partial charge on any atom is 0.229 e. The molecule has 2 fully saturated rings. The minimum atomic E-state index is -0.359. The van der Waals surface area contributed by atoms with Crippen molar-refractivity contribution in [1.29, 1.82) is 0 Å². The third-order valence-corrected chi connectivity index (χ3v) is 5.36. The summed E-state index contributed by atoms with van der Waals surface area (Å²) in [5, 5.41) is 10.6. The van der Waals surface area contributed by atoms with E-state index < -0.39 is 0 Å². The summed E-state index contributed by atoms with van der Waals surface area (Å²) < 4.78 is 0. The number of carbonyl (C=O) groups excluding carboxylic acids is 1. The van der Waals surface area contributed by atoms with Gasteiger partial charge < -0.3 is 10.0 Å². The van der Waals surface area contributed by atoms with Gasteiger partial charge in [0.15, 0.2) is 0 Å². The van der Waals surface area contributed by atoms with Crippen LogP contribution < -0.4 is 0 Å². The van der Waals surface area contributed by atoms with Crippen LogP contribution in [0.25, 0.3) is 0 Å². The Bertz CT molecular complexity index is 540. The average Bonchev–Trinajstić information content (AvgIpc) is 2.96. The van der Waals surface area contributed by atoms with Crippen LogP contribution in [0.1, 0.15) is 44.1 Å². The molecular formula is C18H24ClNO2. The van der Waals surface area contributed by atoms with E-state index in [1.54, 1.807) is 0 Å². The molecule has 4 heteroatoms. The zero-order valence-electron chi connectivity index (χ0n) is 12.9. The predicted molar refractivity (Wildman–Crippen MR) is 87.9 cm³/mol. The van der Waals surface area contributed by atoms with Crippen LogP contribution >= 0.6 is 11.6 Å². The summed E-state index contributed by atoms with van der Waals surface area (Å²) in [4.78, 5) is 15.0. The van der Waals surface area contributed by atoms with Crippen molar-refractivity contribution in [2.24, 2.45) is 5.41 Å². The number of nitrogens with zero attached hydrogens (tertiary/aromatic N) is 1. The van der Waals surface area contributed by atoms with Crippen LogP contribution in [0.3, 0.4) is 0 Å². The van der Waals surface area contributed by atoms with E-state index in [9.17, 15) is 9.90 Å². The fraction of sp³-hybridized carbons (Fsp3) is 0.611. The molecule has 1 aliphatic heterocycles. The van der Waals surface area contributed by atoms with E-state index in [0.29, 0.717) is 6.54 Å². The summed E-state index contributed by atoms with van der Waals surface area (Å²) in [7, 11) is 0. The summed E-state index contributed by atoms with van der Waals surface area (Å²) in [6.45, 7) is 1.28. The molecule has 1 saturated carbocycles. The minimum absolute atomic E-state index is 0.240. The molecule has 3 rings (SSSR count). The number of piperidine rings is 1. The molecule has 0 radical (unpaired) electrons. The molecule has 1 N–H and O–H groups in total. The number of carbonyl (C=O) groups is 1. The van der Waals surface area contributed by atoms with Crippen molar-refractivity contribution in [2.75, 3.05) is 13.1 Å². The van der Waals surface area contributed by atoms with Crippen molar-refractivity contribution in [1.82, 2.24) is 4.90 Å². The Morgan fingerprint density at radius 1 is 1.32 bits per heavy atom. The van der Waals surface area contributed by atoms with Crippen LogP contribution in [-0.4, -0.2) is 35.1 Å². The molecule has 1 aliphatic carbocycles. The molecule has 120 valence electrons. The zero-order chi connectivity index (χ0) is 15.6. The van der Waals surface area contributed by atoms with Crippen LogP contribution in [0.4, 0.5) is 0 Å². The first-order chi connectivity index (χ1) is 10.6. The fourth-order valence-corrected chi connectivity index (χ4v) is 4.24. The SMILES string of the molecule is O=C(N1CCCC(O)C1)C1(Cc2cccc(Cl)c2)CCCC1. The summed E-state index contributed by atoms with van der Waals surface area (Å²) in [5.74, 6) is 0.240. The first-order valence-electron chi connectivity index (χ1n) is 8.31. The molecule has 1 aromatic carbocycles. The van der Waals surface area contributed by atoms with Gasteiger partial charge in [-0.1, -0.05) is 36.6 Å². The smallest absolute Gasteiger partial charge is 0.229 e. The quantitative estimate of drug-likeness (QED) is 0.926. The van der Waals surface area contributed by atoms with Crippen molar-refractivity contribution in [3.05, 3.63) is 34.9 Å². The van der Waals surface area contributed by atoms with Gasteiger partial charge >= 0.3 is 0 Å². The van der Waals surface area contributed by atoms with Gasteiger partial charge in [-0.2, -0.15) is 0 Å². The van der Waals surface area contributed by atoms with E-state index in [4.69, 9.17) is 11.6 Å². The first kappa shape index (κ1) is 15.8. The van der Waals surface area contributed by atoms with Gasteiger partial charge in [-0.15, -0.1) is 0 Å². The summed E-state index contributed by atoms with van der Waals surface area (Å²) >= 11 is 6.09. The van der Waals surface area contributed by atoms with E-state index in [2.05, 4.69) is 6.07 Å². The Kier molecular flexibility index (Phi) is 4.74. The summed E-state index contributed by atoms with van der Waals surface area (Å²) in [6, 6.07) is 7.86. The van der Waals surface area contributed by atoms with Crippen molar-refractivity contribution in [3.8, 4) is 0 Å². The Balaban J connectivity index is 1.80. The Labute approximate surface area is 137 Å². The number of likely N-dealkylation sites (tertiary alicyclic amines) is 1. The van der Waals surface area contributed by atoms with Crippen molar-refractivity contribution >= 4 is 17.5 Å². The van der Waals surface area contributed by atoms with Crippen LogP contribution in [0.2, 0.25) is 5.02 Å². The maximum absolute atomic E-state index is 13.1. The second kappa shape index (κ2) is 6.59. The third-order valence-electron chi connectivity index (χ3n) is 5.13. The number of β-amino-alcohol motifs (C(OH)–C–C–N with tert-alkyl or cyclic N) is 1. The first-order valence-corrected chi connectivity index (χ1v) is 8.69. The van der Waals surface area contributed by atoms with E-state index >= 15 is 0 Å². The molecule has 0 spiro atoms. The molecule has 1 atom stereocenters. The number of aliphatic hydroxyl groups excluding tert-OH is 1. The standard InChI is InChI=1S/C18H24ClNO2/c19-15-6-3-5-14(11-15)12-18(8-1-2-9-18)17(22)20-10-4-7-16(21)13-20/h3,5-6,11,16,21H,1-2,4,7-10,12-13H2. The molecule has 2 aliphatic rings. The van der Waals surface area contributed by atoms with Crippen LogP contribution in [-0.2, 0) is 11.2 Å². The van der Waals surface area contributed by atoms with Crippen molar-refractivity contribution in [3.63, 3.8) is 0 Å². The van der Waals surface area contributed by atoms with Gasteiger partial charge in [0.1, 0.15) is 0 Å². The Morgan fingerprint density at radius 3 is 2.77 bits per heavy atom. The highest BCUT2D eigenvalue weighted by Crippen LogP contribution is 2.43. The molecular weight excluding hydrogens is 298 g/mol. The lowest BCUT2D eigenvalue weighted by Crippen LogP contribution is -2.49. The molecule has 1 unspecified atom stereocenters. The fourth-order valence-electron chi connectivity index (χ4n) is 4.03. The van der Waals surface area contributed by atoms with Gasteiger partial charge in [0.2, 0.25) is 5.91 Å². The van der Waals surface area contributed by atoms with Crippen molar-refractivity contribution in [2.45, 2.75) is 51.0 Å². The monoisotopic (exact) mass is 321 g/mol. The van der Waals surface area contributed by atoms with E-state index in [1.165, 1.54) is 0 Å². The predicted octanol–water partition coefficient (Wildman–Crippen LogP) is 3.43. The van der Waals surface area contributed by atoms with Crippen LogP contribution in [0, 0.1) is 5.41 Å². The molecule has 0 bridgehead atoms. The average molecular weight is 322 g/mol. The number of aliphatic hydroxyl groups is 1. The minimum Gasteiger partial charge on any atom is -0.391 e. The highest BCUT2D eigenvalue weighted by atomic mass is 35.5. The molecule has 1 amide bonds. The molecule has 3 nitrogen and oxygen atoms in total. The number of hydrogen-bond acceptors (Lipinski definition) is 2. The van der Waals surface area contributed by atoms with Crippen LogP contribution in [0.5, 0.6) is 0 Å². The second-order valence-electron chi connectivity index (χ2n) is 6.84. The molecule has 1 saturated heterocycles. The van der Waals surface area contributed by atoms with E-state index in [1.807, 2.05) is 23.1 Å². The van der Waals surface area contributed by atoms with Gasteiger partial charge in [-0.05, 0) is 49.8 Å². The van der Waals surface area contributed by atoms with Gasteiger partial charge in [-0.3, -0.25) is 4.79 Å². The lowest BCUT2D eigenvalue weighted by Gasteiger charge is -2.38. The molecule has 1 aromatic rings. The number of hydrogen-bond donors (Lipinski definition) is 1. The second-order valence-corrected chi connectivity index (χ2v) is 7.28. The van der Waals surface area contributed by atoms with Crippen molar-refractivity contribution < 1.29 is 9.90 Å².